The average molecular weight is 223 g/mol. The second-order valence-electron chi connectivity index (χ2n) is 4.11. The molecule has 1 aromatic carbocycles. The van der Waals surface area contributed by atoms with Gasteiger partial charge in [-0.25, -0.2) is 4.39 Å². The van der Waals surface area contributed by atoms with Crippen molar-refractivity contribution in [3.05, 3.63) is 41.2 Å². The third-order valence-electron chi connectivity index (χ3n) is 2.39. The number of halogens is 1. The summed E-state index contributed by atoms with van der Waals surface area (Å²) in [7, 11) is 0. The van der Waals surface area contributed by atoms with E-state index in [1.165, 1.54) is 23.8 Å². The van der Waals surface area contributed by atoms with E-state index in [0.717, 1.165) is 0 Å². The van der Waals surface area contributed by atoms with Crippen LogP contribution in [0.1, 0.15) is 32.4 Å². The van der Waals surface area contributed by atoms with Crippen molar-refractivity contribution in [3.8, 4) is 5.75 Å². The van der Waals surface area contributed by atoms with Crippen molar-refractivity contribution < 1.29 is 9.50 Å². The van der Waals surface area contributed by atoms with Crippen LogP contribution in [0, 0.1) is 5.82 Å². The number of allylic oxidation sites excluding steroid dienone is 1. The van der Waals surface area contributed by atoms with E-state index in [2.05, 4.69) is 5.32 Å². The topological polar surface area (TPSA) is 32.3 Å². The molecule has 0 heterocycles. The van der Waals surface area contributed by atoms with Gasteiger partial charge in [-0.05, 0) is 39.0 Å². The minimum absolute atomic E-state index is 0.0775. The summed E-state index contributed by atoms with van der Waals surface area (Å²) in [5, 5.41) is 12.8. The standard InChI is InChI=1S/C13H18FNO/c1-9(2)6-7-15-10(3)12-8-11(14)4-5-13(12)16/h4-6,8,10,15-16H,7H2,1-3H3. The van der Waals surface area contributed by atoms with Gasteiger partial charge in [-0.2, -0.15) is 0 Å². The van der Waals surface area contributed by atoms with Crippen LogP contribution in [0.5, 0.6) is 5.75 Å². The van der Waals surface area contributed by atoms with Crippen molar-refractivity contribution in [3.63, 3.8) is 0 Å². The predicted octanol–water partition coefficient (Wildman–Crippen LogP) is 3.15. The summed E-state index contributed by atoms with van der Waals surface area (Å²) in [6.45, 7) is 6.64. The number of hydrogen-bond donors (Lipinski definition) is 2. The molecule has 1 atom stereocenters. The maximum atomic E-state index is 13.0. The Morgan fingerprint density at radius 3 is 2.81 bits per heavy atom. The van der Waals surface area contributed by atoms with Crippen molar-refractivity contribution in [1.82, 2.24) is 5.32 Å². The fraction of sp³-hybridized carbons (Fsp3) is 0.385. The quantitative estimate of drug-likeness (QED) is 0.768. The Kier molecular flexibility index (Phi) is 4.50. The molecule has 0 saturated heterocycles. The first-order chi connectivity index (χ1) is 7.50. The molecule has 0 bridgehead atoms. The van der Waals surface area contributed by atoms with Gasteiger partial charge in [0.25, 0.3) is 0 Å². The van der Waals surface area contributed by atoms with E-state index >= 15 is 0 Å². The zero-order valence-corrected chi connectivity index (χ0v) is 9.92. The molecule has 0 aromatic heterocycles. The second kappa shape index (κ2) is 5.66. The van der Waals surface area contributed by atoms with Crippen LogP contribution in [-0.2, 0) is 0 Å². The number of hydrogen-bond acceptors (Lipinski definition) is 2. The van der Waals surface area contributed by atoms with E-state index in [4.69, 9.17) is 0 Å². The molecule has 88 valence electrons. The Hall–Kier alpha value is -1.35. The molecule has 1 aromatic rings. The first-order valence-electron chi connectivity index (χ1n) is 5.36. The Balaban J connectivity index is 2.69. The lowest BCUT2D eigenvalue weighted by atomic mass is 10.1. The van der Waals surface area contributed by atoms with E-state index in [9.17, 15) is 9.50 Å². The first kappa shape index (κ1) is 12.7. The van der Waals surface area contributed by atoms with Crippen molar-refractivity contribution in [1.29, 1.82) is 0 Å². The van der Waals surface area contributed by atoms with Crippen molar-refractivity contribution in [2.24, 2.45) is 0 Å². The molecule has 0 radical (unpaired) electrons. The highest BCUT2D eigenvalue weighted by Gasteiger charge is 2.09. The summed E-state index contributed by atoms with van der Waals surface area (Å²) in [6.07, 6.45) is 2.05. The summed E-state index contributed by atoms with van der Waals surface area (Å²) in [6, 6.07) is 3.91. The van der Waals surface area contributed by atoms with Gasteiger partial charge in [-0.15, -0.1) is 0 Å². The average Bonchev–Trinajstić information content (AvgIpc) is 2.21. The highest BCUT2D eigenvalue weighted by molar-refractivity contribution is 5.34. The third kappa shape index (κ3) is 3.66. The molecule has 3 heteroatoms. The summed E-state index contributed by atoms with van der Waals surface area (Å²) in [5.74, 6) is -0.206. The molecule has 0 saturated carbocycles. The molecule has 1 rings (SSSR count). The molecule has 2 nitrogen and oxygen atoms in total. The summed E-state index contributed by atoms with van der Waals surface area (Å²) >= 11 is 0. The van der Waals surface area contributed by atoms with E-state index in [1.54, 1.807) is 0 Å². The molecular formula is C13H18FNO. The third-order valence-corrected chi connectivity index (χ3v) is 2.39. The van der Waals surface area contributed by atoms with E-state index < -0.39 is 0 Å². The Morgan fingerprint density at radius 2 is 2.19 bits per heavy atom. The van der Waals surface area contributed by atoms with Crippen LogP contribution >= 0.6 is 0 Å². The van der Waals surface area contributed by atoms with Gasteiger partial charge in [0.15, 0.2) is 0 Å². The van der Waals surface area contributed by atoms with Gasteiger partial charge >= 0.3 is 0 Å². The van der Waals surface area contributed by atoms with Crippen molar-refractivity contribution >= 4 is 0 Å². The Labute approximate surface area is 95.8 Å². The van der Waals surface area contributed by atoms with Gasteiger partial charge in [0, 0.05) is 18.2 Å². The van der Waals surface area contributed by atoms with Crippen LogP contribution in [0.15, 0.2) is 29.8 Å². The molecule has 0 aliphatic rings. The normalized spacial score (nSPS) is 12.2. The molecule has 0 amide bonds. The van der Waals surface area contributed by atoms with Crippen molar-refractivity contribution in [2.45, 2.75) is 26.8 Å². The molecule has 0 aliphatic carbocycles. The highest BCUT2D eigenvalue weighted by atomic mass is 19.1. The van der Waals surface area contributed by atoms with Crippen LogP contribution < -0.4 is 5.32 Å². The number of aromatic hydroxyl groups is 1. The number of benzene rings is 1. The van der Waals surface area contributed by atoms with Gasteiger partial charge in [0.2, 0.25) is 0 Å². The number of phenolic OH excluding ortho intramolecular Hbond substituents is 1. The number of rotatable bonds is 4. The van der Waals surface area contributed by atoms with Crippen LogP contribution in [0.4, 0.5) is 4.39 Å². The number of phenols is 1. The number of nitrogens with one attached hydrogen (secondary N) is 1. The van der Waals surface area contributed by atoms with Crippen molar-refractivity contribution in [2.75, 3.05) is 6.54 Å². The molecule has 2 N–H and O–H groups in total. The highest BCUT2D eigenvalue weighted by Crippen LogP contribution is 2.24. The van der Waals surface area contributed by atoms with E-state index in [0.29, 0.717) is 12.1 Å². The summed E-state index contributed by atoms with van der Waals surface area (Å²) in [4.78, 5) is 0. The molecule has 0 aliphatic heterocycles. The molecule has 0 fully saturated rings. The lowest BCUT2D eigenvalue weighted by molar-refractivity contribution is 0.452. The fourth-order valence-electron chi connectivity index (χ4n) is 1.42. The zero-order valence-electron chi connectivity index (χ0n) is 9.92. The monoisotopic (exact) mass is 223 g/mol. The van der Waals surface area contributed by atoms with E-state index in [-0.39, 0.29) is 17.6 Å². The summed E-state index contributed by atoms with van der Waals surface area (Å²) in [5.41, 5.74) is 1.81. The molecule has 0 spiro atoms. The summed E-state index contributed by atoms with van der Waals surface area (Å²) < 4.78 is 13.0. The largest absolute Gasteiger partial charge is 0.508 e. The second-order valence-corrected chi connectivity index (χ2v) is 4.11. The zero-order chi connectivity index (χ0) is 12.1. The minimum atomic E-state index is -0.330. The van der Waals surface area contributed by atoms with Gasteiger partial charge in [-0.1, -0.05) is 11.6 Å². The maximum Gasteiger partial charge on any atom is 0.123 e. The molecular weight excluding hydrogens is 205 g/mol. The van der Waals surface area contributed by atoms with Gasteiger partial charge < -0.3 is 10.4 Å². The molecule has 1 unspecified atom stereocenters. The first-order valence-corrected chi connectivity index (χ1v) is 5.36. The fourth-order valence-corrected chi connectivity index (χ4v) is 1.42. The SMILES string of the molecule is CC(C)=CCNC(C)c1cc(F)ccc1O. The van der Waals surface area contributed by atoms with Gasteiger partial charge in [0.1, 0.15) is 11.6 Å². The van der Waals surface area contributed by atoms with Crippen LogP contribution in [0.2, 0.25) is 0 Å². The van der Waals surface area contributed by atoms with Crippen LogP contribution in [0.3, 0.4) is 0 Å². The lowest BCUT2D eigenvalue weighted by Gasteiger charge is -2.14. The van der Waals surface area contributed by atoms with Crippen LogP contribution in [0.25, 0.3) is 0 Å². The Morgan fingerprint density at radius 1 is 1.50 bits per heavy atom. The van der Waals surface area contributed by atoms with Crippen LogP contribution in [-0.4, -0.2) is 11.7 Å². The van der Waals surface area contributed by atoms with E-state index in [1.807, 2.05) is 26.8 Å². The smallest absolute Gasteiger partial charge is 0.123 e. The maximum absolute atomic E-state index is 13.0. The molecule has 16 heavy (non-hydrogen) atoms. The Bertz CT molecular complexity index is 384. The predicted molar refractivity (Wildman–Crippen MR) is 63.9 cm³/mol. The lowest BCUT2D eigenvalue weighted by Crippen LogP contribution is -2.18. The van der Waals surface area contributed by atoms with Gasteiger partial charge in [-0.3, -0.25) is 0 Å². The minimum Gasteiger partial charge on any atom is -0.508 e. The van der Waals surface area contributed by atoms with Gasteiger partial charge in [0.05, 0.1) is 0 Å².